The highest BCUT2D eigenvalue weighted by Crippen LogP contribution is 2.32. The summed E-state index contributed by atoms with van der Waals surface area (Å²) in [7, 11) is 2.14. The van der Waals surface area contributed by atoms with Gasteiger partial charge in [0, 0.05) is 32.7 Å². The van der Waals surface area contributed by atoms with Gasteiger partial charge in [-0.3, -0.25) is 4.57 Å². The van der Waals surface area contributed by atoms with E-state index in [1.165, 1.54) is 0 Å². The van der Waals surface area contributed by atoms with Gasteiger partial charge in [0.2, 0.25) is 6.79 Å². The number of amides is 1. The molecule has 0 atom stereocenters. The number of imidazole rings is 1. The maximum Gasteiger partial charge on any atom is 0.327 e. The van der Waals surface area contributed by atoms with E-state index in [0.717, 1.165) is 54.2 Å². The van der Waals surface area contributed by atoms with Gasteiger partial charge in [-0.1, -0.05) is 12.1 Å². The Bertz CT molecular complexity index is 1060. The van der Waals surface area contributed by atoms with Crippen LogP contribution in [0.4, 0.5) is 10.5 Å². The van der Waals surface area contributed by atoms with Crippen LogP contribution in [0.1, 0.15) is 5.56 Å². The van der Waals surface area contributed by atoms with Crippen molar-refractivity contribution in [2.75, 3.05) is 44.9 Å². The molecule has 0 unspecified atom stereocenters. The Morgan fingerprint density at radius 2 is 1.93 bits per heavy atom. The van der Waals surface area contributed by atoms with Gasteiger partial charge in [0.25, 0.3) is 0 Å². The molecule has 1 saturated heterocycles. The van der Waals surface area contributed by atoms with Gasteiger partial charge in [0.1, 0.15) is 11.8 Å². The largest absolute Gasteiger partial charge is 0.454 e. The number of aromatic nitrogens is 2. The van der Waals surface area contributed by atoms with Crippen LogP contribution < -0.4 is 19.7 Å². The molecule has 5 rings (SSSR count). The van der Waals surface area contributed by atoms with Gasteiger partial charge in [-0.2, -0.15) is 0 Å². The predicted octanol–water partition coefficient (Wildman–Crippen LogP) is 2.27. The van der Waals surface area contributed by atoms with Gasteiger partial charge in [-0.05, 0) is 36.9 Å². The number of piperazine rings is 1. The van der Waals surface area contributed by atoms with Crippen LogP contribution in [0.2, 0.25) is 0 Å². The molecule has 1 fully saturated rings. The molecule has 29 heavy (non-hydrogen) atoms. The molecule has 2 aliphatic heterocycles. The van der Waals surface area contributed by atoms with Crippen molar-refractivity contribution >= 4 is 22.8 Å². The maximum absolute atomic E-state index is 12.8. The molecule has 3 aromatic rings. The van der Waals surface area contributed by atoms with E-state index in [1.54, 1.807) is 10.9 Å². The van der Waals surface area contributed by atoms with E-state index in [0.29, 0.717) is 12.3 Å². The van der Waals surface area contributed by atoms with Crippen molar-refractivity contribution < 1.29 is 14.3 Å². The second-order valence-electron chi connectivity index (χ2n) is 7.40. The molecule has 1 N–H and O–H groups in total. The zero-order valence-electron chi connectivity index (χ0n) is 16.3. The van der Waals surface area contributed by atoms with E-state index in [9.17, 15) is 4.79 Å². The lowest BCUT2D eigenvalue weighted by Gasteiger charge is -2.34. The standard InChI is InChI=1S/C21H23N5O3/c1-24-7-9-25(10-8-24)16-3-2-4-17-20(16)23-13-26(17)21(27)22-12-15-5-6-18-19(11-15)29-14-28-18/h2-6,11,13H,7-10,12,14H2,1H3,(H,22,27). The van der Waals surface area contributed by atoms with Crippen molar-refractivity contribution in [1.29, 1.82) is 0 Å². The third-order valence-electron chi connectivity index (χ3n) is 5.50. The molecule has 0 radical (unpaired) electrons. The molecule has 0 spiro atoms. The Kier molecular flexibility index (Phi) is 4.48. The van der Waals surface area contributed by atoms with Crippen molar-refractivity contribution in [2.24, 2.45) is 0 Å². The molecule has 2 aromatic carbocycles. The van der Waals surface area contributed by atoms with Crippen LogP contribution in [0.25, 0.3) is 11.0 Å². The fraction of sp³-hybridized carbons (Fsp3) is 0.333. The number of nitrogens with zero attached hydrogens (tertiary/aromatic N) is 4. The molecule has 0 aliphatic carbocycles. The molecule has 1 amide bonds. The summed E-state index contributed by atoms with van der Waals surface area (Å²) in [6.45, 7) is 4.59. The van der Waals surface area contributed by atoms with E-state index in [4.69, 9.17) is 9.47 Å². The topological polar surface area (TPSA) is 71.9 Å². The average molecular weight is 393 g/mol. The number of rotatable bonds is 3. The number of fused-ring (bicyclic) bond motifs is 2. The number of para-hydroxylation sites is 1. The molecule has 3 heterocycles. The molecule has 0 saturated carbocycles. The minimum Gasteiger partial charge on any atom is -0.454 e. The molecule has 150 valence electrons. The zero-order chi connectivity index (χ0) is 19.8. The van der Waals surface area contributed by atoms with E-state index in [-0.39, 0.29) is 12.8 Å². The summed E-state index contributed by atoms with van der Waals surface area (Å²) in [5, 5.41) is 2.96. The first-order valence-electron chi connectivity index (χ1n) is 9.75. The first-order valence-corrected chi connectivity index (χ1v) is 9.75. The lowest BCUT2D eigenvalue weighted by molar-refractivity contribution is 0.174. The summed E-state index contributed by atoms with van der Waals surface area (Å²) < 4.78 is 12.3. The smallest absolute Gasteiger partial charge is 0.327 e. The first kappa shape index (κ1) is 17.8. The Morgan fingerprint density at radius 3 is 2.79 bits per heavy atom. The number of nitrogens with one attached hydrogen (secondary N) is 1. The van der Waals surface area contributed by atoms with Crippen LogP contribution in [0.5, 0.6) is 11.5 Å². The van der Waals surface area contributed by atoms with Crippen molar-refractivity contribution in [2.45, 2.75) is 6.54 Å². The van der Waals surface area contributed by atoms with E-state index >= 15 is 0 Å². The number of carbonyl (C=O) groups excluding carboxylic acids is 1. The number of hydrogen-bond donors (Lipinski definition) is 1. The minimum absolute atomic E-state index is 0.208. The highest BCUT2D eigenvalue weighted by molar-refractivity contribution is 5.95. The van der Waals surface area contributed by atoms with Crippen molar-refractivity contribution in [1.82, 2.24) is 19.8 Å². The summed E-state index contributed by atoms with van der Waals surface area (Å²) in [6, 6.07) is 11.5. The van der Waals surface area contributed by atoms with Crippen molar-refractivity contribution in [3.63, 3.8) is 0 Å². The quantitative estimate of drug-likeness (QED) is 0.736. The summed E-state index contributed by atoms with van der Waals surface area (Å²) in [4.78, 5) is 22.0. The lowest BCUT2D eigenvalue weighted by atomic mass is 10.2. The molecule has 8 heteroatoms. The Balaban J connectivity index is 1.33. The lowest BCUT2D eigenvalue weighted by Crippen LogP contribution is -2.44. The SMILES string of the molecule is CN1CCN(c2cccc3c2ncn3C(=O)NCc2ccc3c(c2)OCO3)CC1. The number of likely N-dealkylation sites (N-methyl/N-ethyl adjacent to an activating group) is 1. The van der Waals surface area contributed by atoms with E-state index < -0.39 is 0 Å². The number of carbonyl (C=O) groups is 1. The summed E-state index contributed by atoms with van der Waals surface area (Å²) in [5.41, 5.74) is 3.70. The fourth-order valence-electron chi connectivity index (χ4n) is 3.80. The highest BCUT2D eigenvalue weighted by Gasteiger charge is 2.19. The normalized spacial score (nSPS) is 16.4. The van der Waals surface area contributed by atoms with Crippen LogP contribution in [0, 0.1) is 0 Å². The molecular formula is C21H23N5O3. The molecule has 8 nitrogen and oxygen atoms in total. The molecule has 0 bridgehead atoms. The number of benzene rings is 2. The fourth-order valence-corrected chi connectivity index (χ4v) is 3.80. The third kappa shape index (κ3) is 3.36. The summed E-state index contributed by atoms with van der Waals surface area (Å²) in [5.74, 6) is 1.44. The Labute approximate surface area is 168 Å². The maximum atomic E-state index is 12.8. The van der Waals surface area contributed by atoms with Crippen LogP contribution in [0.15, 0.2) is 42.7 Å². The van der Waals surface area contributed by atoms with E-state index in [1.807, 2.05) is 30.3 Å². The number of ether oxygens (including phenoxy) is 2. The second-order valence-corrected chi connectivity index (χ2v) is 7.40. The monoisotopic (exact) mass is 393 g/mol. The summed E-state index contributed by atoms with van der Waals surface area (Å²) >= 11 is 0. The zero-order valence-corrected chi connectivity index (χ0v) is 16.3. The second kappa shape index (κ2) is 7.29. The van der Waals surface area contributed by atoms with Crippen LogP contribution in [-0.2, 0) is 6.54 Å². The van der Waals surface area contributed by atoms with Gasteiger partial charge in [-0.25, -0.2) is 9.78 Å². The molecular weight excluding hydrogens is 370 g/mol. The summed E-state index contributed by atoms with van der Waals surface area (Å²) in [6.07, 6.45) is 1.60. The van der Waals surface area contributed by atoms with Gasteiger partial charge in [0.05, 0.1) is 11.2 Å². The minimum atomic E-state index is -0.208. The van der Waals surface area contributed by atoms with Gasteiger partial charge in [-0.15, -0.1) is 0 Å². The Hall–Kier alpha value is -3.26. The van der Waals surface area contributed by atoms with Crippen molar-refractivity contribution in [3.8, 4) is 11.5 Å². The Morgan fingerprint density at radius 1 is 1.10 bits per heavy atom. The molecule has 2 aliphatic rings. The first-order chi connectivity index (χ1) is 14.2. The van der Waals surface area contributed by atoms with E-state index in [2.05, 4.69) is 33.2 Å². The third-order valence-corrected chi connectivity index (χ3v) is 5.50. The average Bonchev–Trinajstić information content (AvgIpc) is 3.39. The number of hydrogen-bond acceptors (Lipinski definition) is 6. The van der Waals surface area contributed by atoms with Gasteiger partial charge >= 0.3 is 6.03 Å². The van der Waals surface area contributed by atoms with Crippen LogP contribution in [0.3, 0.4) is 0 Å². The van der Waals surface area contributed by atoms with Gasteiger partial charge < -0.3 is 24.6 Å². The van der Waals surface area contributed by atoms with Crippen LogP contribution >= 0.6 is 0 Å². The van der Waals surface area contributed by atoms with Gasteiger partial charge in [0.15, 0.2) is 11.5 Å². The van der Waals surface area contributed by atoms with Crippen molar-refractivity contribution in [3.05, 3.63) is 48.3 Å². The predicted molar refractivity (Wildman–Crippen MR) is 110 cm³/mol. The number of anilines is 1. The highest BCUT2D eigenvalue weighted by atomic mass is 16.7. The molecule has 1 aromatic heterocycles. The van der Waals surface area contributed by atoms with Crippen LogP contribution in [-0.4, -0.2) is 60.5 Å².